The highest BCUT2D eigenvalue weighted by molar-refractivity contribution is 9.10. The van der Waals surface area contributed by atoms with Crippen LogP contribution in [0.15, 0.2) is 52.2 Å². The number of aliphatic hydroxyl groups excluding tert-OH is 1. The summed E-state index contributed by atoms with van der Waals surface area (Å²) in [7, 11) is 0. The molecule has 2 aliphatic heterocycles. The van der Waals surface area contributed by atoms with Crippen molar-refractivity contribution in [3.05, 3.63) is 63.3 Å². The molecule has 2 heterocycles. The summed E-state index contributed by atoms with van der Waals surface area (Å²) in [5.74, 6) is 0.289. The molecule has 190 valence electrons. The van der Waals surface area contributed by atoms with Crippen LogP contribution in [-0.2, 0) is 16.6 Å². The number of halogens is 1. The predicted molar refractivity (Wildman–Crippen MR) is 139 cm³/mol. The quantitative estimate of drug-likeness (QED) is 0.322. The first kappa shape index (κ1) is 23.8. The third kappa shape index (κ3) is 3.41. The lowest BCUT2D eigenvalue weighted by molar-refractivity contribution is -0.153. The second-order valence-corrected chi connectivity index (χ2v) is 11.9. The zero-order chi connectivity index (χ0) is 25.4. The molecule has 8 heteroatoms. The molecule has 2 fully saturated rings. The topological polar surface area (TPSA) is 102 Å². The Morgan fingerprint density at radius 3 is 2.78 bits per heavy atom. The lowest BCUT2D eigenvalue weighted by Gasteiger charge is -2.59. The lowest BCUT2D eigenvalue weighted by atomic mass is 9.53. The Bertz CT molecular complexity index is 1290. The number of nitrogens with zero attached hydrogens (tertiary/aromatic N) is 1. The van der Waals surface area contributed by atoms with Gasteiger partial charge in [0.2, 0.25) is 0 Å². The Hall–Kier alpha value is -2.55. The van der Waals surface area contributed by atoms with Gasteiger partial charge in [0.05, 0.1) is 16.6 Å². The molecule has 36 heavy (non-hydrogen) atoms. The fraction of sp³-hybridized carbons (Fsp3) is 0.464. The van der Waals surface area contributed by atoms with Crippen LogP contribution in [0.3, 0.4) is 0 Å². The molecule has 2 aliphatic carbocycles. The molecule has 0 aromatic heterocycles. The largest absolute Gasteiger partial charge is 0.508 e. The van der Waals surface area contributed by atoms with Crippen molar-refractivity contribution >= 4 is 27.5 Å². The molecular formula is C28H31BrN2O5. The van der Waals surface area contributed by atoms with Crippen LogP contribution in [0.4, 0.5) is 5.69 Å². The molecule has 2 aromatic rings. The van der Waals surface area contributed by atoms with E-state index in [1.807, 2.05) is 25.1 Å². The van der Waals surface area contributed by atoms with Gasteiger partial charge in [-0.05, 0) is 81.8 Å². The van der Waals surface area contributed by atoms with E-state index in [9.17, 15) is 20.1 Å². The molecule has 2 bridgehead atoms. The first-order chi connectivity index (χ1) is 17.1. The fourth-order valence-electron chi connectivity index (χ4n) is 6.68. The number of amides is 1. The number of aromatic hydroxyl groups is 1. The molecule has 2 aromatic carbocycles. The number of aliphatic hydroxyl groups is 2. The summed E-state index contributed by atoms with van der Waals surface area (Å²) < 4.78 is 7.11. The number of piperidine rings is 1. The Morgan fingerprint density at radius 1 is 1.28 bits per heavy atom. The molecule has 0 unspecified atom stereocenters. The minimum Gasteiger partial charge on any atom is -0.508 e. The van der Waals surface area contributed by atoms with Crippen LogP contribution in [-0.4, -0.2) is 57.0 Å². The van der Waals surface area contributed by atoms with Crippen LogP contribution in [0.1, 0.15) is 44.2 Å². The number of anilines is 1. The van der Waals surface area contributed by atoms with Gasteiger partial charge in [0.15, 0.2) is 17.6 Å². The van der Waals surface area contributed by atoms with E-state index in [0.717, 1.165) is 28.7 Å². The van der Waals surface area contributed by atoms with Gasteiger partial charge in [-0.25, -0.2) is 0 Å². The maximum Gasteiger partial charge on any atom is 0.254 e. The summed E-state index contributed by atoms with van der Waals surface area (Å²) in [5.41, 5.74) is 0.264. The number of benzene rings is 2. The second kappa shape index (κ2) is 8.23. The van der Waals surface area contributed by atoms with Crippen molar-refractivity contribution in [1.29, 1.82) is 0 Å². The molecule has 1 amide bonds. The number of fused-ring (bicyclic) bond motifs is 1. The summed E-state index contributed by atoms with van der Waals surface area (Å²) in [6, 6.07) is 10.6. The van der Waals surface area contributed by atoms with Crippen LogP contribution in [0.5, 0.6) is 11.5 Å². The smallest absolute Gasteiger partial charge is 0.254 e. The van der Waals surface area contributed by atoms with E-state index in [-0.39, 0.29) is 23.1 Å². The van der Waals surface area contributed by atoms with E-state index in [0.29, 0.717) is 30.2 Å². The van der Waals surface area contributed by atoms with Gasteiger partial charge in [-0.15, -0.1) is 0 Å². The Kier molecular flexibility index (Phi) is 5.45. The fourth-order valence-corrected chi connectivity index (χ4v) is 7.08. The molecule has 7 nitrogen and oxygen atoms in total. The molecule has 4 aliphatic rings. The van der Waals surface area contributed by atoms with E-state index in [1.54, 1.807) is 25.1 Å². The Balaban J connectivity index is 1.42. The van der Waals surface area contributed by atoms with Crippen LogP contribution in [0, 0.1) is 5.92 Å². The number of carbonyl (C=O) groups excluding carboxylic acids is 1. The highest BCUT2D eigenvalue weighted by atomic mass is 79.9. The number of nitrogens with one attached hydrogen (secondary N) is 1. The lowest BCUT2D eigenvalue weighted by Crippen LogP contribution is -2.73. The number of likely N-dealkylation sites (tertiary alicyclic amines) is 1. The third-order valence-electron chi connectivity index (χ3n) is 8.80. The van der Waals surface area contributed by atoms with Crippen molar-refractivity contribution < 1.29 is 24.9 Å². The predicted octanol–water partition coefficient (Wildman–Crippen LogP) is 4.42. The molecule has 4 N–H and O–H groups in total. The zero-order valence-electron chi connectivity index (χ0n) is 20.4. The van der Waals surface area contributed by atoms with E-state index in [1.165, 1.54) is 12.8 Å². The van der Waals surface area contributed by atoms with Gasteiger partial charge < -0.3 is 25.4 Å². The van der Waals surface area contributed by atoms with Gasteiger partial charge in [-0.3, -0.25) is 9.69 Å². The number of phenolic OH excluding ortho intramolecular Hbond substituents is 1. The SMILES string of the molecule is C/C(C(=O)Nc1cccc(Br)c1)=C(/O)[C@@H]1Oc2c(O)ccc3c2[C@@]12CCN(CC1CC1)[C@H](C3)[C@@]2(C)O. The highest BCUT2D eigenvalue weighted by Crippen LogP contribution is 2.63. The number of phenols is 1. The number of ether oxygens (including phenoxy) is 1. The van der Waals surface area contributed by atoms with Crippen LogP contribution in [0.2, 0.25) is 0 Å². The first-order valence-corrected chi connectivity index (χ1v) is 13.4. The van der Waals surface area contributed by atoms with Crippen molar-refractivity contribution in [3.8, 4) is 11.5 Å². The van der Waals surface area contributed by atoms with Crippen molar-refractivity contribution in [3.63, 3.8) is 0 Å². The van der Waals surface area contributed by atoms with Gasteiger partial charge in [-0.1, -0.05) is 28.1 Å². The van der Waals surface area contributed by atoms with Crippen molar-refractivity contribution in [1.82, 2.24) is 4.90 Å². The van der Waals surface area contributed by atoms with Crippen molar-refractivity contribution in [2.45, 2.75) is 62.7 Å². The van der Waals surface area contributed by atoms with Crippen LogP contribution in [0.25, 0.3) is 0 Å². The molecule has 1 saturated heterocycles. The number of rotatable bonds is 5. The highest BCUT2D eigenvalue weighted by Gasteiger charge is 2.69. The van der Waals surface area contributed by atoms with E-state index in [4.69, 9.17) is 4.74 Å². The average Bonchev–Trinajstić information content (AvgIpc) is 3.57. The Labute approximate surface area is 218 Å². The molecule has 6 rings (SSSR count). The van der Waals surface area contributed by atoms with Gasteiger partial charge in [0.1, 0.15) is 5.76 Å². The zero-order valence-corrected chi connectivity index (χ0v) is 22.0. The number of hydrogen-bond acceptors (Lipinski definition) is 6. The standard InChI is InChI=1S/C28H31BrN2O5/c1-15(26(34)30-19-5-3-4-18(29)13-19)23(33)25-28-10-11-31(14-16-6-7-16)21(27(28,2)35)12-17-8-9-20(32)24(36-25)22(17)28/h3-5,8-9,13,16,21,25,32-33,35H,6-7,10-12,14H2,1-2H3,(H,30,34)/b23-15-/t21-,25+,27-,28+/m1/s1. The molecule has 1 spiro atoms. The summed E-state index contributed by atoms with van der Waals surface area (Å²) in [5, 5.41) is 37.3. The Morgan fingerprint density at radius 2 is 2.06 bits per heavy atom. The summed E-state index contributed by atoms with van der Waals surface area (Å²) >= 11 is 3.40. The summed E-state index contributed by atoms with van der Waals surface area (Å²) in [6.45, 7) is 5.10. The maximum absolute atomic E-state index is 13.1. The normalized spacial score (nSPS) is 31.3. The van der Waals surface area contributed by atoms with Gasteiger partial charge in [-0.2, -0.15) is 0 Å². The van der Waals surface area contributed by atoms with Crippen LogP contribution < -0.4 is 10.1 Å². The first-order valence-electron chi connectivity index (χ1n) is 12.6. The van der Waals surface area contributed by atoms with E-state index in [2.05, 4.69) is 26.1 Å². The summed E-state index contributed by atoms with van der Waals surface area (Å²) in [4.78, 5) is 15.5. The van der Waals surface area contributed by atoms with Crippen molar-refractivity contribution in [2.75, 3.05) is 18.4 Å². The minimum absolute atomic E-state index is 0.0191. The second-order valence-electron chi connectivity index (χ2n) is 10.9. The summed E-state index contributed by atoms with van der Waals surface area (Å²) in [6.07, 6.45) is 2.66. The average molecular weight is 555 g/mol. The van der Waals surface area contributed by atoms with Gasteiger partial charge >= 0.3 is 0 Å². The molecular weight excluding hydrogens is 524 g/mol. The van der Waals surface area contributed by atoms with Crippen LogP contribution >= 0.6 is 15.9 Å². The van der Waals surface area contributed by atoms with Gasteiger partial charge in [0, 0.05) is 28.3 Å². The number of hydrogen-bond donors (Lipinski definition) is 4. The van der Waals surface area contributed by atoms with Gasteiger partial charge in [0.25, 0.3) is 5.91 Å². The molecule has 4 atom stereocenters. The monoisotopic (exact) mass is 554 g/mol. The van der Waals surface area contributed by atoms with E-state index >= 15 is 0 Å². The number of carbonyl (C=O) groups is 1. The van der Waals surface area contributed by atoms with Crippen molar-refractivity contribution in [2.24, 2.45) is 5.92 Å². The minimum atomic E-state index is -1.24. The maximum atomic E-state index is 13.1. The third-order valence-corrected chi connectivity index (χ3v) is 9.29. The van der Waals surface area contributed by atoms with E-state index < -0.39 is 23.0 Å². The molecule has 0 radical (unpaired) electrons. The molecule has 1 saturated carbocycles.